The maximum Gasteiger partial charge on any atom is 0.0579 e. The Bertz CT molecular complexity index is 462. The third kappa shape index (κ3) is 1.93. The fourth-order valence-corrected chi connectivity index (χ4v) is 5.49. The Hall–Kier alpha value is -0.830. The summed E-state index contributed by atoms with van der Waals surface area (Å²) in [6, 6.07) is 0.707. The van der Waals surface area contributed by atoms with Gasteiger partial charge in [0.05, 0.1) is 12.2 Å². The van der Waals surface area contributed by atoms with Crippen molar-refractivity contribution in [1.29, 1.82) is 0 Å². The number of aromatic nitrogens is 2. The minimum absolute atomic E-state index is 0.707. The maximum atomic E-state index is 4.79. The Balaban J connectivity index is 1.60. The molecule has 0 radical (unpaired) electrons. The summed E-state index contributed by atoms with van der Waals surface area (Å²) in [5.41, 5.74) is 2.80. The van der Waals surface area contributed by atoms with Crippen molar-refractivity contribution in [2.45, 2.75) is 58.5 Å². The standard InChI is InChI=1S/C17H27N3/c1-3-18-9-16-10-19-20(11(16)2)17-14-5-12-4-13(7-14)8-15(17)6-12/h10,12-15,17-18H,3-9H2,1-2H3. The zero-order chi connectivity index (χ0) is 13.7. The molecule has 3 nitrogen and oxygen atoms in total. The molecule has 0 saturated heterocycles. The van der Waals surface area contributed by atoms with Gasteiger partial charge in [0.15, 0.2) is 0 Å². The van der Waals surface area contributed by atoms with Crippen LogP contribution in [0, 0.1) is 30.6 Å². The van der Waals surface area contributed by atoms with E-state index in [1.165, 1.54) is 43.4 Å². The van der Waals surface area contributed by atoms with E-state index in [4.69, 9.17) is 5.10 Å². The van der Waals surface area contributed by atoms with Gasteiger partial charge in [0.25, 0.3) is 0 Å². The van der Waals surface area contributed by atoms with Gasteiger partial charge < -0.3 is 5.32 Å². The third-order valence-corrected chi connectivity index (χ3v) is 6.17. The lowest BCUT2D eigenvalue weighted by Gasteiger charge is -2.54. The SMILES string of the molecule is CCNCc1cnn(C2C3CC4CC(C3)CC2C4)c1C. The molecule has 1 N–H and O–H groups in total. The van der Waals surface area contributed by atoms with Gasteiger partial charge in [0.1, 0.15) is 0 Å². The smallest absolute Gasteiger partial charge is 0.0579 e. The predicted octanol–water partition coefficient (Wildman–Crippen LogP) is 3.30. The second-order valence-electron chi connectivity index (χ2n) is 7.40. The number of nitrogens with one attached hydrogen (secondary N) is 1. The largest absolute Gasteiger partial charge is 0.313 e. The normalized spacial score (nSPS) is 38.6. The summed E-state index contributed by atoms with van der Waals surface area (Å²) in [5.74, 6) is 3.92. The molecule has 110 valence electrons. The van der Waals surface area contributed by atoms with Crippen LogP contribution in [0.1, 0.15) is 56.3 Å². The highest BCUT2D eigenvalue weighted by Gasteiger charge is 2.49. The summed E-state index contributed by atoms with van der Waals surface area (Å²) >= 11 is 0. The van der Waals surface area contributed by atoms with Gasteiger partial charge in [0, 0.05) is 17.8 Å². The van der Waals surface area contributed by atoms with Gasteiger partial charge in [0.2, 0.25) is 0 Å². The van der Waals surface area contributed by atoms with Crippen LogP contribution < -0.4 is 5.32 Å². The highest BCUT2D eigenvalue weighted by atomic mass is 15.3. The first kappa shape index (κ1) is 12.9. The predicted molar refractivity (Wildman–Crippen MR) is 80.4 cm³/mol. The minimum atomic E-state index is 0.707. The first-order chi connectivity index (χ1) is 9.76. The van der Waals surface area contributed by atoms with Crippen molar-refractivity contribution in [2.24, 2.45) is 23.7 Å². The van der Waals surface area contributed by atoms with Crippen LogP contribution in [0.2, 0.25) is 0 Å². The van der Waals surface area contributed by atoms with Crippen molar-refractivity contribution in [3.8, 4) is 0 Å². The molecule has 0 aliphatic heterocycles. The Labute approximate surface area is 122 Å². The van der Waals surface area contributed by atoms with Gasteiger partial charge in [-0.15, -0.1) is 0 Å². The average Bonchev–Trinajstić information content (AvgIpc) is 2.77. The van der Waals surface area contributed by atoms with E-state index in [1.807, 2.05) is 0 Å². The van der Waals surface area contributed by atoms with Crippen molar-refractivity contribution >= 4 is 0 Å². The second kappa shape index (κ2) is 4.87. The molecule has 4 bridgehead atoms. The van der Waals surface area contributed by atoms with E-state index in [0.29, 0.717) is 6.04 Å². The molecule has 3 heteroatoms. The monoisotopic (exact) mass is 273 g/mol. The highest BCUT2D eigenvalue weighted by Crippen LogP contribution is 2.58. The topological polar surface area (TPSA) is 29.9 Å². The Morgan fingerprint density at radius 2 is 1.80 bits per heavy atom. The van der Waals surface area contributed by atoms with Crippen molar-refractivity contribution in [2.75, 3.05) is 6.54 Å². The molecule has 0 atom stereocenters. The second-order valence-corrected chi connectivity index (χ2v) is 7.40. The molecule has 0 unspecified atom stereocenters. The van der Waals surface area contributed by atoms with Crippen molar-refractivity contribution < 1.29 is 0 Å². The average molecular weight is 273 g/mol. The summed E-state index contributed by atoms with van der Waals surface area (Å²) in [6.07, 6.45) is 9.52. The number of hydrogen-bond donors (Lipinski definition) is 1. The molecule has 5 rings (SSSR count). The number of rotatable bonds is 4. The molecule has 1 aromatic rings. The molecule has 0 spiro atoms. The third-order valence-electron chi connectivity index (χ3n) is 6.17. The molecule has 20 heavy (non-hydrogen) atoms. The minimum Gasteiger partial charge on any atom is -0.313 e. The molecule has 1 aromatic heterocycles. The van der Waals surface area contributed by atoms with E-state index in [0.717, 1.165) is 36.8 Å². The lowest BCUT2D eigenvalue weighted by molar-refractivity contribution is -0.0344. The summed E-state index contributed by atoms with van der Waals surface area (Å²) in [7, 11) is 0. The van der Waals surface area contributed by atoms with Crippen LogP contribution >= 0.6 is 0 Å². The van der Waals surface area contributed by atoms with Gasteiger partial charge in [-0.05, 0) is 69.2 Å². The van der Waals surface area contributed by atoms with E-state index in [-0.39, 0.29) is 0 Å². The fraction of sp³-hybridized carbons (Fsp3) is 0.824. The summed E-state index contributed by atoms with van der Waals surface area (Å²) in [6.45, 7) is 6.43. The zero-order valence-electron chi connectivity index (χ0n) is 12.8. The van der Waals surface area contributed by atoms with Crippen LogP contribution in [0.5, 0.6) is 0 Å². The van der Waals surface area contributed by atoms with Crippen LogP contribution in [-0.4, -0.2) is 16.3 Å². The molecule has 1 heterocycles. The van der Waals surface area contributed by atoms with E-state index < -0.39 is 0 Å². The van der Waals surface area contributed by atoms with Crippen LogP contribution in [0.3, 0.4) is 0 Å². The summed E-state index contributed by atoms with van der Waals surface area (Å²) < 4.78 is 2.40. The van der Waals surface area contributed by atoms with E-state index >= 15 is 0 Å². The van der Waals surface area contributed by atoms with Crippen LogP contribution in [-0.2, 0) is 6.54 Å². The lowest BCUT2D eigenvalue weighted by atomic mass is 9.54. The maximum absolute atomic E-state index is 4.79. The lowest BCUT2D eigenvalue weighted by Crippen LogP contribution is -2.46. The Morgan fingerprint density at radius 1 is 1.15 bits per heavy atom. The first-order valence-electron chi connectivity index (χ1n) is 8.50. The summed E-state index contributed by atoms with van der Waals surface area (Å²) in [5, 5.41) is 8.22. The van der Waals surface area contributed by atoms with E-state index in [9.17, 15) is 0 Å². The van der Waals surface area contributed by atoms with E-state index in [2.05, 4.69) is 30.0 Å². The van der Waals surface area contributed by atoms with Crippen molar-refractivity contribution in [3.63, 3.8) is 0 Å². The first-order valence-corrected chi connectivity index (χ1v) is 8.50. The fourth-order valence-electron chi connectivity index (χ4n) is 5.49. The van der Waals surface area contributed by atoms with Gasteiger partial charge >= 0.3 is 0 Å². The van der Waals surface area contributed by atoms with Crippen LogP contribution in [0.4, 0.5) is 0 Å². The molecular weight excluding hydrogens is 246 g/mol. The van der Waals surface area contributed by atoms with Crippen molar-refractivity contribution in [3.05, 3.63) is 17.5 Å². The molecule has 4 aliphatic rings. The molecule has 0 amide bonds. The quantitative estimate of drug-likeness (QED) is 0.912. The highest BCUT2D eigenvalue weighted by molar-refractivity contribution is 5.18. The molecule has 4 saturated carbocycles. The number of nitrogens with zero attached hydrogens (tertiary/aromatic N) is 2. The molecular formula is C17H27N3. The van der Waals surface area contributed by atoms with Crippen LogP contribution in [0.25, 0.3) is 0 Å². The Morgan fingerprint density at radius 3 is 2.40 bits per heavy atom. The van der Waals surface area contributed by atoms with Gasteiger partial charge in [-0.3, -0.25) is 4.68 Å². The van der Waals surface area contributed by atoms with Crippen molar-refractivity contribution in [1.82, 2.24) is 15.1 Å². The van der Waals surface area contributed by atoms with Gasteiger partial charge in [-0.2, -0.15) is 5.10 Å². The van der Waals surface area contributed by atoms with Gasteiger partial charge in [-0.25, -0.2) is 0 Å². The van der Waals surface area contributed by atoms with E-state index in [1.54, 1.807) is 0 Å². The zero-order valence-corrected chi connectivity index (χ0v) is 12.8. The Kier molecular flexibility index (Phi) is 3.13. The number of hydrogen-bond acceptors (Lipinski definition) is 2. The molecule has 4 fully saturated rings. The van der Waals surface area contributed by atoms with Gasteiger partial charge in [-0.1, -0.05) is 6.92 Å². The van der Waals surface area contributed by atoms with Crippen LogP contribution in [0.15, 0.2) is 6.20 Å². The summed E-state index contributed by atoms with van der Waals surface area (Å²) in [4.78, 5) is 0. The molecule has 4 aliphatic carbocycles. The molecule has 0 aromatic carbocycles.